The molecule has 1 aromatic heterocycles. The second kappa shape index (κ2) is 8.66. The summed E-state index contributed by atoms with van der Waals surface area (Å²) in [6.45, 7) is 2.31. The molecule has 0 aliphatic heterocycles. The number of ether oxygens (including phenoxy) is 2. The van der Waals surface area contributed by atoms with Gasteiger partial charge in [-0.15, -0.1) is 0 Å². The van der Waals surface area contributed by atoms with Gasteiger partial charge in [0.05, 0.1) is 23.3 Å². The Labute approximate surface area is 172 Å². The fraction of sp³-hybridized carbons (Fsp3) is 0.150. The van der Waals surface area contributed by atoms with E-state index >= 15 is 0 Å². The largest absolute Gasteiger partial charge is 0.496 e. The Morgan fingerprint density at radius 3 is 2.62 bits per heavy atom. The molecule has 3 amide bonds. The molecule has 3 rings (SSSR count). The van der Waals surface area contributed by atoms with Crippen LogP contribution in [-0.4, -0.2) is 30.6 Å². The third-order valence-corrected chi connectivity index (χ3v) is 4.37. The summed E-state index contributed by atoms with van der Waals surface area (Å²) < 4.78 is 11.2. The quantitative estimate of drug-likeness (QED) is 0.565. The minimum atomic E-state index is -0.652. The molecule has 3 aromatic rings. The number of anilines is 1. The van der Waals surface area contributed by atoms with Crippen LogP contribution in [-0.2, 0) is 0 Å². The summed E-state index contributed by atoms with van der Waals surface area (Å²) in [6.07, 6.45) is 1.51. The van der Waals surface area contributed by atoms with Gasteiger partial charge >= 0.3 is 6.03 Å². The molecule has 0 fully saturated rings. The molecule has 0 radical (unpaired) electrons. The fourth-order valence-corrected chi connectivity index (χ4v) is 3.00. The van der Waals surface area contributed by atoms with Gasteiger partial charge in [-0.25, -0.2) is 4.79 Å². The smallest absolute Gasteiger partial charge is 0.319 e. The van der Waals surface area contributed by atoms with Crippen LogP contribution in [0.25, 0.3) is 10.9 Å². The highest BCUT2D eigenvalue weighted by atomic mass is 35.5. The zero-order valence-corrected chi connectivity index (χ0v) is 16.5. The van der Waals surface area contributed by atoms with Crippen LogP contribution in [0, 0.1) is 0 Å². The number of pyridine rings is 1. The molecule has 8 nitrogen and oxygen atoms in total. The summed E-state index contributed by atoms with van der Waals surface area (Å²) in [5, 5.41) is 6.17. The molecule has 0 atom stereocenters. The third-order valence-electron chi connectivity index (χ3n) is 4.05. The molecule has 2 aromatic carbocycles. The van der Waals surface area contributed by atoms with E-state index in [1.54, 1.807) is 36.4 Å². The van der Waals surface area contributed by atoms with E-state index in [0.717, 1.165) is 0 Å². The first kappa shape index (κ1) is 20.2. The first-order valence-electron chi connectivity index (χ1n) is 8.72. The molecule has 9 heteroatoms. The molecule has 29 heavy (non-hydrogen) atoms. The summed E-state index contributed by atoms with van der Waals surface area (Å²) in [7, 11) is 1.45. The molecule has 0 aliphatic rings. The molecule has 0 bridgehead atoms. The van der Waals surface area contributed by atoms with Crippen molar-refractivity contribution in [1.29, 1.82) is 0 Å². The van der Waals surface area contributed by atoms with Gasteiger partial charge in [-0.05, 0) is 37.3 Å². The zero-order valence-electron chi connectivity index (χ0n) is 15.8. The first-order chi connectivity index (χ1) is 13.9. The first-order valence-corrected chi connectivity index (χ1v) is 9.10. The van der Waals surface area contributed by atoms with Gasteiger partial charge in [0.1, 0.15) is 22.8 Å². The number of rotatable bonds is 6. The molecule has 4 N–H and O–H groups in total. The summed E-state index contributed by atoms with van der Waals surface area (Å²) in [5.74, 6) is 0.584. The lowest BCUT2D eigenvalue weighted by molar-refractivity contribution is 0.0999. The summed E-state index contributed by atoms with van der Waals surface area (Å²) >= 11 is 6.25. The Hall–Kier alpha value is -3.52. The lowest BCUT2D eigenvalue weighted by Gasteiger charge is -2.13. The van der Waals surface area contributed by atoms with E-state index in [1.807, 2.05) is 6.92 Å². The van der Waals surface area contributed by atoms with Crippen molar-refractivity contribution in [1.82, 2.24) is 10.3 Å². The second-order valence-electron chi connectivity index (χ2n) is 5.94. The summed E-state index contributed by atoms with van der Waals surface area (Å²) in [6, 6.07) is 9.55. The van der Waals surface area contributed by atoms with Crippen LogP contribution in [0.5, 0.6) is 17.2 Å². The van der Waals surface area contributed by atoms with E-state index in [1.165, 1.54) is 13.3 Å². The van der Waals surface area contributed by atoms with Gasteiger partial charge in [-0.1, -0.05) is 11.6 Å². The highest BCUT2D eigenvalue weighted by molar-refractivity contribution is 6.33. The highest BCUT2D eigenvalue weighted by Gasteiger charge is 2.17. The van der Waals surface area contributed by atoms with Crippen molar-refractivity contribution in [2.24, 2.45) is 5.73 Å². The van der Waals surface area contributed by atoms with Crippen molar-refractivity contribution < 1.29 is 19.1 Å². The third kappa shape index (κ3) is 4.33. The Morgan fingerprint density at radius 2 is 1.97 bits per heavy atom. The number of carbonyl (C=O) groups is 2. The molecule has 1 heterocycles. The number of aromatic nitrogens is 1. The van der Waals surface area contributed by atoms with E-state index in [9.17, 15) is 9.59 Å². The monoisotopic (exact) mass is 414 g/mol. The van der Waals surface area contributed by atoms with Crippen LogP contribution >= 0.6 is 11.6 Å². The van der Waals surface area contributed by atoms with Crippen molar-refractivity contribution in [2.75, 3.05) is 19.0 Å². The molecule has 0 aliphatic carbocycles. The van der Waals surface area contributed by atoms with E-state index in [4.69, 9.17) is 26.8 Å². The van der Waals surface area contributed by atoms with Gasteiger partial charge in [0.25, 0.3) is 5.91 Å². The van der Waals surface area contributed by atoms with E-state index in [0.29, 0.717) is 45.4 Å². The lowest BCUT2D eigenvalue weighted by atomic mass is 10.1. The van der Waals surface area contributed by atoms with Crippen LogP contribution in [0.2, 0.25) is 5.02 Å². The number of fused-ring (bicyclic) bond motifs is 1. The minimum Gasteiger partial charge on any atom is -0.496 e. The topological polar surface area (TPSA) is 116 Å². The van der Waals surface area contributed by atoms with Crippen molar-refractivity contribution >= 4 is 40.1 Å². The Balaban J connectivity index is 1.94. The Kier molecular flexibility index (Phi) is 6.04. The van der Waals surface area contributed by atoms with Crippen molar-refractivity contribution in [2.45, 2.75) is 6.92 Å². The molecular formula is C20H19ClN4O4. The van der Waals surface area contributed by atoms with Crippen LogP contribution in [0.1, 0.15) is 17.3 Å². The second-order valence-corrected chi connectivity index (χ2v) is 6.35. The molecule has 0 saturated carbocycles. The summed E-state index contributed by atoms with van der Waals surface area (Å²) in [4.78, 5) is 27.8. The standard InChI is InChI=1S/C20H19ClN4O4/c1-3-23-20(27)25-14-6-4-11(10-13(14)21)29-15-8-9-24-18-12(15)5-7-16(28-2)17(18)19(22)26/h4-10H,3H2,1-2H3,(H2,22,26)(H2,23,25,27). The number of nitrogens with zero attached hydrogens (tertiary/aromatic N) is 1. The minimum absolute atomic E-state index is 0.176. The predicted octanol–water partition coefficient (Wildman–Crippen LogP) is 3.93. The molecule has 0 spiro atoms. The van der Waals surface area contributed by atoms with Crippen molar-refractivity contribution in [3.63, 3.8) is 0 Å². The maximum absolute atomic E-state index is 11.9. The fourth-order valence-electron chi connectivity index (χ4n) is 2.79. The number of amides is 3. The number of nitrogens with two attached hydrogens (primary N) is 1. The van der Waals surface area contributed by atoms with Gasteiger partial charge < -0.3 is 25.8 Å². The van der Waals surface area contributed by atoms with E-state index in [2.05, 4.69) is 15.6 Å². The van der Waals surface area contributed by atoms with Gasteiger partial charge in [0, 0.05) is 24.2 Å². The number of hydrogen-bond donors (Lipinski definition) is 3. The van der Waals surface area contributed by atoms with E-state index in [-0.39, 0.29) is 11.6 Å². The SMILES string of the molecule is CCNC(=O)Nc1ccc(Oc2ccnc3c(C(N)=O)c(OC)ccc23)cc1Cl. The normalized spacial score (nSPS) is 10.4. The number of primary amides is 1. The van der Waals surface area contributed by atoms with E-state index < -0.39 is 5.91 Å². The Bertz CT molecular complexity index is 1090. The highest BCUT2D eigenvalue weighted by Crippen LogP contribution is 2.35. The molecule has 150 valence electrons. The van der Waals surface area contributed by atoms with Crippen LogP contribution < -0.4 is 25.8 Å². The van der Waals surface area contributed by atoms with Gasteiger partial charge in [-0.3, -0.25) is 9.78 Å². The average Bonchev–Trinajstić information content (AvgIpc) is 2.69. The molecular weight excluding hydrogens is 396 g/mol. The number of halogens is 1. The van der Waals surface area contributed by atoms with Crippen LogP contribution in [0.4, 0.5) is 10.5 Å². The van der Waals surface area contributed by atoms with Gasteiger partial charge in [-0.2, -0.15) is 0 Å². The van der Waals surface area contributed by atoms with Crippen LogP contribution in [0.15, 0.2) is 42.6 Å². The lowest BCUT2D eigenvalue weighted by Crippen LogP contribution is -2.28. The maximum atomic E-state index is 11.9. The maximum Gasteiger partial charge on any atom is 0.319 e. The zero-order chi connectivity index (χ0) is 21.0. The molecule has 0 saturated heterocycles. The number of urea groups is 1. The number of carbonyl (C=O) groups excluding carboxylic acids is 2. The predicted molar refractivity (Wildman–Crippen MR) is 111 cm³/mol. The summed E-state index contributed by atoms with van der Waals surface area (Å²) in [5.41, 5.74) is 6.50. The number of hydrogen-bond acceptors (Lipinski definition) is 5. The van der Waals surface area contributed by atoms with Gasteiger partial charge in [0.2, 0.25) is 0 Å². The molecule has 0 unspecified atom stereocenters. The van der Waals surface area contributed by atoms with Gasteiger partial charge in [0.15, 0.2) is 0 Å². The number of methoxy groups -OCH3 is 1. The van der Waals surface area contributed by atoms with Crippen molar-refractivity contribution in [3.8, 4) is 17.2 Å². The van der Waals surface area contributed by atoms with Crippen LogP contribution in [0.3, 0.4) is 0 Å². The number of nitrogens with one attached hydrogen (secondary N) is 2. The average molecular weight is 415 g/mol. The number of benzene rings is 2. The van der Waals surface area contributed by atoms with Crippen molar-refractivity contribution in [3.05, 3.63) is 53.2 Å². The Morgan fingerprint density at radius 1 is 1.17 bits per heavy atom.